The molecule has 5 nitrogen and oxygen atoms in total. The first-order valence-electron chi connectivity index (χ1n) is 11.8. The third-order valence-electron chi connectivity index (χ3n) is 5.91. The Balaban J connectivity index is 1.41. The maximum Gasteiger partial charge on any atom is 0.253 e. The number of hydrogen-bond acceptors (Lipinski definition) is 3. The maximum atomic E-state index is 12.8. The van der Waals surface area contributed by atoms with Crippen LogP contribution in [0.15, 0.2) is 72.8 Å². The molecule has 0 bridgehead atoms. The van der Waals surface area contributed by atoms with E-state index in [-0.39, 0.29) is 11.9 Å². The van der Waals surface area contributed by atoms with Crippen LogP contribution in [0.1, 0.15) is 54.5 Å². The minimum Gasteiger partial charge on any atom is -0.494 e. The number of nitrogens with zero attached hydrogens (tertiary/aromatic N) is 2. The SMILES string of the molecule is CCc1ccc(OCCCCn2c(C(C)NC(=O)c3ccccc3Cl)nc3ccccc32)cc1. The second-order valence-electron chi connectivity index (χ2n) is 8.34. The zero-order valence-corrected chi connectivity index (χ0v) is 20.4. The number of fused-ring (bicyclic) bond motifs is 1. The number of hydrogen-bond donors (Lipinski definition) is 1. The maximum absolute atomic E-state index is 12.8. The first-order chi connectivity index (χ1) is 16.6. The summed E-state index contributed by atoms with van der Waals surface area (Å²) in [6.45, 7) is 5.55. The van der Waals surface area contributed by atoms with E-state index < -0.39 is 0 Å². The lowest BCUT2D eigenvalue weighted by Crippen LogP contribution is -2.29. The Bertz CT molecular complexity index is 1250. The molecule has 0 aliphatic rings. The number of amides is 1. The van der Waals surface area contributed by atoms with Gasteiger partial charge in [0.2, 0.25) is 0 Å². The van der Waals surface area contributed by atoms with Gasteiger partial charge in [0.1, 0.15) is 11.6 Å². The lowest BCUT2D eigenvalue weighted by molar-refractivity contribution is 0.0938. The molecule has 1 atom stereocenters. The number of imidazole rings is 1. The number of aromatic nitrogens is 2. The van der Waals surface area contributed by atoms with Gasteiger partial charge in [-0.05, 0) is 68.1 Å². The summed E-state index contributed by atoms with van der Waals surface area (Å²) in [5.74, 6) is 1.53. The molecule has 0 saturated heterocycles. The number of ether oxygens (including phenoxy) is 1. The van der Waals surface area contributed by atoms with E-state index in [0.29, 0.717) is 17.2 Å². The normalized spacial score (nSPS) is 12.0. The standard InChI is InChI=1S/C28H30ClN3O2/c1-3-21-14-16-22(17-15-21)34-19-9-8-18-32-26-13-7-6-12-25(26)31-27(32)20(2)30-28(33)23-10-4-5-11-24(23)29/h4-7,10-17,20H,3,8-9,18-19H2,1-2H3,(H,30,33). The number of rotatable bonds is 10. The molecule has 0 aliphatic heterocycles. The second kappa shape index (κ2) is 11.2. The molecule has 1 aromatic heterocycles. The van der Waals surface area contributed by atoms with Crippen molar-refractivity contribution in [3.8, 4) is 5.75 Å². The van der Waals surface area contributed by atoms with Crippen molar-refractivity contribution >= 4 is 28.5 Å². The number of unbranched alkanes of at least 4 members (excludes halogenated alkanes) is 1. The van der Waals surface area contributed by atoms with E-state index in [9.17, 15) is 4.79 Å². The van der Waals surface area contributed by atoms with Crippen LogP contribution in [0.4, 0.5) is 0 Å². The van der Waals surface area contributed by atoms with Crippen molar-refractivity contribution in [1.82, 2.24) is 14.9 Å². The number of carbonyl (C=O) groups excluding carboxylic acids is 1. The van der Waals surface area contributed by atoms with Crippen molar-refractivity contribution in [3.05, 3.63) is 94.8 Å². The van der Waals surface area contributed by atoms with Gasteiger partial charge in [-0.2, -0.15) is 0 Å². The summed E-state index contributed by atoms with van der Waals surface area (Å²) >= 11 is 6.21. The van der Waals surface area contributed by atoms with Gasteiger partial charge in [0, 0.05) is 6.54 Å². The Labute approximate surface area is 205 Å². The highest BCUT2D eigenvalue weighted by Crippen LogP contribution is 2.23. The highest BCUT2D eigenvalue weighted by molar-refractivity contribution is 6.33. The van der Waals surface area contributed by atoms with E-state index in [2.05, 4.69) is 35.0 Å². The summed E-state index contributed by atoms with van der Waals surface area (Å²) in [5, 5.41) is 3.49. The van der Waals surface area contributed by atoms with Crippen molar-refractivity contribution in [2.75, 3.05) is 6.61 Å². The Morgan fingerprint density at radius 2 is 1.76 bits per heavy atom. The van der Waals surface area contributed by atoms with E-state index in [1.165, 1.54) is 5.56 Å². The van der Waals surface area contributed by atoms with Crippen LogP contribution in [0.2, 0.25) is 5.02 Å². The van der Waals surface area contributed by atoms with E-state index in [0.717, 1.165) is 48.4 Å². The monoisotopic (exact) mass is 475 g/mol. The molecule has 6 heteroatoms. The molecule has 0 saturated carbocycles. The van der Waals surface area contributed by atoms with E-state index in [4.69, 9.17) is 21.3 Å². The van der Waals surface area contributed by atoms with E-state index in [1.807, 2.05) is 43.3 Å². The lowest BCUT2D eigenvalue weighted by atomic mass is 10.2. The molecule has 0 fully saturated rings. The average Bonchev–Trinajstić information content (AvgIpc) is 3.23. The van der Waals surface area contributed by atoms with Gasteiger partial charge in [0.05, 0.1) is 34.3 Å². The Morgan fingerprint density at radius 1 is 1.03 bits per heavy atom. The lowest BCUT2D eigenvalue weighted by Gasteiger charge is -2.17. The smallest absolute Gasteiger partial charge is 0.253 e. The predicted octanol–water partition coefficient (Wildman–Crippen LogP) is 6.60. The first-order valence-corrected chi connectivity index (χ1v) is 12.2. The second-order valence-corrected chi connectivity index (χ2v) is 8.75. The zero-order chi connectivity index (χ0) is 23.9. The van der Waals surface area contributed by atoms with Gasteiger partial charge in [0.15, 0.2) is 0 Å². The summed E-state index contributed by atoms with van der Waals surface area (Å²) in [5.41, 5.74) is 3.75. The minimum atomic E-state index is -0.274. The molecule has 4 aromatic rings. The Kier molecular flexibility index (Phi) is 7.86. The van der Waals surface area contributed by atoms with Crippen LogP contribution in [0.5, 0.6) is 5.75 Å². The summed E-state index contributed by atoms with van der Waals surface area (Å²) < 4.78 is 8.11. The topological polar surface area (TPSA) is 56.1 Å². The fourth-order valence-electron chi connectivity index (χ4n) is 4.03. The Hall–Kier alpha value is -3.31. The van der Waals surface area contributed by atoms with Crippen LogP contribution < -0.4 is 10.1 Å². The number of halogens is 1. The van der Waals surface area contributed by atoms with Crippen LogP contribution in [0, 0.1) is 0 Å². The molecule has 1 unspecified atom stereocenters. The van der Waals surface area contributed by atoms with Crippen LogP contribution >= 0.6 is 11.6 Å². The molecule has 4 rings (SSSR count). The van der Waals surface area contributed by atoms with Gasteiger partial charge < -0.3 is 14.6 Å². The van der Waals surface area contributed by atoms with E-state index in [1.54, 1.807) is 18.2 Å². The number of para-hydroxylation sites is 2. The molecule has 0 spiro atoms. The molecule has 0 radical (unpaired) electrons. The predicted molar refractivity (Wildman–Crippen MR) is 138 cm³/mol. The van der Waals surface area contributed by atoms with Gasteiger partial charge in [-0.25, -0.2) is 4.98 Å². The highest BCUT2D eigenvalue weighted by atomic mass is 35.5. The quantitative estimate of drug-likeness (QED) is 0.263. The summed E-state index contributed by atoms with van der Waals surface area (Å²) in [7, 11) is 0. The molecule has 1 heterocycles. The number of carbonyl (C=O) groups is 1. The van der Waals surface area contributed by atoms with Crippen molar-refractivity contribution in [1.29, 1.82) is 0 Å². The van der Waals surface area contributed by atoms with Crippen molar-refractivity contribution in [2.24, 2.45) is 0 Å². The fraction of sp³-hybridized carbons (Fsp3) is 0.286. The summed E-state index contributed by atoms with van der Waals surface area (Å²) in [6, 6.07) is 23.1. The van der Waals surface area contributed by atoms with Crippen LogP contribution in [0.3, 0.4) is 0 Å². The average molecular weight is 476 g/mol. The largest absolute Gasteiger partial charge is 0.494 e. The fourth-order valence-corrected chi connectivity index (χ4v) is 4.25. The van der Waals surface area contributed by atoms with Crippen LogP contribution in [0.25, 0.3) is 11.0 Å². The zero-order valence-electron chi connectivity index (χ0n) is 19.6. The molecule has 1 N–H and O–H groups in total. The minimum absolute atomic E-state index is 0.209. The third kappa shape index (κ3) is 5.60. The molecule has 1 amide bonds. The van der Waals surface area contributed by atoms with Crippen molar-refractivity contribution in [2.45, 2.75) is 45.7 Å². The van der Waals surface area contributed by atoms with E-state index >= 15 is 0 Å². The van der Waals surface area contributed by atoms with Gasteiger partial charge >= 0.3 is 0 Å². The number of benzene rings is 3. The van der Waals surface area contributed by atoms with Gasteiger partial charge in [0.25, 0.3) is 5.91 Å². The van der Waals surface area contributed by atoms with Gasteiger partial charge in [-0.1, -0.05) is 54.9 Å². The number of aryl methyl sites for hydroxylation is 2. The van der Waals surface area contributed by atoms with Crippen molar-refractivity contribution < 1.29 is 9.53 Å². The van der Waals surface area contributed by atoms with Gasteiger partial charge in [-0.3, -0.25) is 4.79 Å². The van der Waals surface area contributed by atoms with Crippen LogP contribution in [-0.4, -0.2) is 22.1 Å². The molecule has 3 aromatic carbocycles. The van der Waals surface area contributed by atoms with Gasteiger partial charge in [-0.15, -0.1) is 0 Å². The molecule has 0 aliphatic carbocycles. The number of nitrogens with one attached hydrogen (secondary N) is 1. The first kappa shape index (κ1) is 23.8. The Morgan fingerprint density at radius 3 is 2.53 bits per heavy atom. The summed E-state index contributed by atoms with van der Waals surface area (Å²) in [4.78, 5) is 17.6. The van der Waals surface area contributed by atoms with Crippen molar-refractivity contribution in [3.63, 3.8) is 0 Å². The van der Waals surface area contributed by atoms with Crippen LogP contribution in [-0.2, 0) is 13.0 Å². The molecular formula is C28H30ClN3O2. The summed E-state index contributed by atoms with van der Waals surface area (Å²) in [6.07, 6.45) is 2.88. The highest BCUT2D eigenvalue weighted by Gasteiger charge is 2.20. The third-order valence-corrected chi connectivity index (χ3v) is 6.24. The molecule has 176 valence electrons. The molecule has 34 heavy (non-hydrogen) atoms. The molecular weight excluding hydrogens is 446 g/mol.